The standard InChI is InChI=1S/C13H16O2/c1-2-10-4-3-5-12(8-10)15-9-13(14)11-6-7-11/h3-5,8,11H,2,6-7,9H2,1H3. The number of Topliss-reactive ketones (excluding diaryl/α,β-unsaturated/α-hetero) is 1. The van der Waals surface area contributed by atoms with Crippen LogP contribution in [-0.4, -0.2) is 12.4 Å². The predicted molar refractivity (Wildman–Crippen MR) is 59.0 cm³/mol. The summed E-state index contributed by atoms with van der Waals surface area (Å²) in [5, 5.41) is 0. The van der Waals surface area contributed by atoms with Gasteiger partial charge >= 0.3 is 0 Å². The monoisotopic (exact) mass is 204 g/mol. The fraction of sp³-hybridized carbons (Fsp3) is 0.462. The largest absolute Gasteiger partial charge is 0.486 e. The van der Waals surface area contributed by atoms with Gasteiger partial charge in [-0.3, -0.25) is 4.79 Å². The molecule has 2 heteroatoms. The number of hydrogen-bond acceptors (Lipinski definition) is 2. The fourth-order valence-electron chi connectivity index (χ4n) is 1.53. The summed E-state index contributed by atoms with van der Waals surface area (Å²) >= 11 is 0. The normalized spacial score (nSPS) is 15.0. The Morgan fingerprint density at radius 2 is 2.27 bits per heavy atom. The minimum absolute atomic E-state index is 0.234. The molecular weight excluding hydrogens is 188 g/mol. The quantitative estimate of drug-likeness (QED) is 0.737. The number of rotatable bonds is 5. The second-order valence-corrected chi connectivity index (χ2v) is 4.03. The Morgan fingerprint density at radius 3 is 2.93 bits per heavy atom. The summed E-state index contributed by atoms with van der Waals surface area (Å²) in [6, 6.07) is 7.94. The Balaban J connectivity index is 1.89. The van der Waals surface area contributed by atoms with E-state index in [1.807, 2.05) is 18.2 Å². The number of carbonyl (C=O) groups excluding carboxylic acids is 1. The Morgan fingerprint density at radius 1 is 1.47 bits per heavy atom. The van der Waals surface area contributed by atoms with E-state index in [9.17, 15) is 4.79 Å². The van der Waals surface area contributed by atoms with E-state index in [0.29, 0.717) is 5.92 Å². The van der Waals surface area contributed by atoms with Crippen LogP contribution < -0.4 is 4.74 Å². The number of ether oxygens (including phenoxy) is 1. The van der Waals surface area contributed by atoms with Crippen LogP contribution in [0.4, 0.5) is 0 Å². The van der Waals surface area contributed by atoms with Gasteiger partial charge < -0.3 is 4.74 Å². The summed E-state index contributed by atoms with van der Waals surface area (Å²) < 4.78 is 5.46. The first-order chi connectivity index (χ1) is 7.29. The van der Waals surface area contributed by atoms with Crippen LogP contribution in [0.5, 0.6) is 5.75 Å². The van der Waals surface area contributed by atoms with Crippen molar-refractivity contribution >= 4 is 5.78 Å². The van der Waals surface area contributed by atoms with Crippen molar-refractivity contribution in [1.82, 2.24) is 0 Å². The Bertz CT molecular complexity index is 353. The van der Waals surface area contributed by atoms with E-state index in [1.165, 1.54) is 5.56 Å². The maximum atomic E-state index is 11.4. The van der Waals surface area contributed by atoms with Crippen molar-refractivity contribution in [1.29, 1.82) is 0 Å². The van der Waals surface area contributed by atoms with Gasteiger partial charge in [0.1, 0.15) is 12.4 Å². The van der Waals surface area contributed by atoms with E-state index >= 15 is 0 Å². The molecule has 1 fully saturated rings. The zero-order chi connectivity index (χ0) is 10.7. The first kappa shape index (κ1) is 10.2. The highest BCUT2D eigenvalue weighted by Crippen LogP contribution is 2.29. The van der Waals surface area contributed by atoms with Crippen LogP contribution in [0.15, 0.2) is 24.3 Å². The van der Waals surface area contributed by atoms with Crippen LogP contribution in [0, 0.1) is 5.92 Å². The second kappa shape index (κ2) is 4.47. The lowest BCUT2D eigenvalue weighted by Gasteiger charge is -2.06. The Labute approximate surface area is 90.3 Å². The molecule has 0 heterocycles. The van der Waals surface area contributed by atoms with Crippen LogP contribution in [0.2, 0.25) is 0 Å². The highest BCUT2D eigenvalue weighted by atomic mass is 16.5. The van der Waals surface area contributed by atoms with Crippen LogP contribution in [0.3, 0.4) is 0 Å². The molecule has 0 aromatic heterocycles. The van der Waals surface area contributed by atoms with Crippen LogP contribution in [0.25, 0.3) is 0 Å². The summed E-state index contributed by atoms with van der Waals surface area (Å²) in [5.41, 5.74) is 1.24. The summed E-state index contributed by atoms with van der Waals surface area (Å²) in [7, 11) is 0. The van der Waals surface area contributed by atoms with Crippen molar-refractivity contribution in [3.8, 4) is 5.75 Å². The van der Waals surface area contributed by atoms with Crippen molar-refractivity contribution < 1.29 is 9.53 Å². The maximum Gasteiger partial charge on any atom is 0.173 e. The molecule has 15 heavy (non-hydrogen) atoms. The van der Waals surface area contributed by atoms with E-state index in [-0.39, 0.29) is 12.4 Å². The lowest BCUT2D eigenvalue weighted by molar-refractivity contribution is -0.122. The van der Waals surface area contributed by atoms with E-state index in [2.05, 4.69) is 13.0 Å². The molecule has 1 saturated carbocycles. The van der Waals surface area contributed by atoms with Gasteiger partial charge in [-0.2, -0.15) is 0 Å². The molecule has 0 N–H and O–H groups in total. The number of aryl methyl sites for hydroxylation is 1. The van der Waals surface area contributed by atoms with E-state index in [1.54, 1.807) is 0 Å². The molecule has 0 aliphatic heterocycles. The summed E-state index contributed by atoms with van der Waals surface area (Å²) in [4.78, 5) is 11.4. The third-order valence-corrected chi connectivity index (χ3v) is 2.72. The zero-order valence-electron chi connectivity index (χ0n) is 9.03. The molecular formula is C13H16O2. The topological polar surface area (TPSA) is 26.3 Å². The Hall–Kier alpha value is -1.31. The highest BCUT2D eigenvalue weighted by molar-refractivity contribution is 5.84. The van der Waals surface area contributed by atoms with Crippen molar-refractivity contribution in [2.24, 2.45) is 5.92 Å². The van der Waals surface area contributed by atoms with Crippen LogP contribution in [0.1, 0.15) is 25.3 Å². The van der Waals surface area contributed by atoms with Crippen molar-refractivity contribution in [2.45, 2.75) is 26.2 Å². The van der Waals surface area contributed by atoms with Gasteiger partial charge in [-0.25, -0.2) is 0 Å². The van der Waals surface area contributed by atoms with Gasteiger partial charge in [0.2, 0.25) is 0 Å². The number of benzene rings is 1. The maximum absolute atomic E-state index is 11.4. The van der Waals surface area contributed by atoms with Gasteiger partial charge in [-0.05, 0) is 37.0 Å². The van der Waals surface area contributed by atoms with Gasteiger partial charge in [0.15, 0.2) is 5.78 Å². The lowest BCUT2D eigenvalue weighted by atomic mass is 10.2. The molecule has 0 unspecified atom stereocenters. The third kappa shape index (κ3) is 2.82. The minimum atomic E-state index is 0.234. The average molecular weight is 204 g/mol. The van der Waals surface area contributed by atoms with E-state index in [4.69, 9.17) is 4.74 Å². The lowest BCUT2D eigenvalue weighted by Crippen LogP contribution is -2.12. The van der Waals surface area contributed by atoms with Crippen LogP contribution in [-0.2, 0) is 11.2 Å². The number of hydrogen-bond donors (Lipinski definition) is 0. The average Bonchev–Trinajstić information content (AvgIpc) is 3.10. The molecule has 1 aliphatic rings. The first-order valence-electron chi connectivity index (χ1n) is 5.54. The van der Waals surface area contributed by atoms with Gasteiger partial charge in [-0.15, -0.1) is 0 Å². The summed E-state index contributed by atoms with van der Waals surface area (Å²) in [5.74, 6) is 1.35. The molecule has 2 nitrogen and oxygen atoms in total. The molecule has 1 aromatic carbocycles. The third-order valence-electron chi connectivity index (χ3n) is 2.72. The smallest absolute Gasteiger partial charge is 0.173 e. The molecule has 0 atom stereocenters. The molecule has 80 valence electrons. The van der Waals surface area contributed by atoms with E-state index < -0.39 is 0 Å². The van der Waals surface area contributed by atoms with Gasteiger partial charge in [-0.1, -0.05) is 19.1 Å². The SMILES string of the molecule is CCc1cccc(OCC(=O)C2CC2)c1. The van der Waals surface area contributed by atoms with Gasteiger partial charge in [0, 0.05) is 5.92 Å². The van der Waals surface area contributed by atoms with Crippen molar-refractivity contribution in [2.75, 3.05) is 6.61 Å². The van der Waals surface area contributed by atoms with Crippen molar-refractivity contribution in [3.63, 3.8) is 0 Å². The first-order valence-corrected chi connectivity index (χ1v) is 5.54. The molecule has 2 rings (SSSR count). The molecule has 0 saturated heterocycles. The fourth-order valence-corrected chi connectivity index (χ4v) is 1.53. The van der Waals surface area contributed by atoms with E-state index in [0.717, 1.165) is 25.0 Å². The second-order valence-electron chi connectivity index (χ2n) is 4.03. The van der Waals surface area contributed by atoms with Crippen molar-refractivity contribution in [3.05, 3.63) is 29.8 Å². The summed E-state index contributed by atoms with van der Waals surface area (Å²) in [6.07, 6.45) is 3.10. The molecule has 1 aromatic rings. The number of carbonyl (C=O) groups is 1. The Kier molecular flexibility index (Phi) is 3.05. The molecule has 0 amide bonds. The zero-order valence-corrected chi connectivity index (χ0v) is 9.03. The predicted octanol–water partition coefficient (Wildman–Crippen LogP) is 2.61. The van der Waals surface area contributed by atoms with Gasteiger partial charge in [0.05, 0.1) is 0 Å². The number of ketones is 1. The van der Waals surface area contributed by atoms with Crippen LogP contribution >= 0.6 is 0 Å². The molecule has 1 aliphatic carbocycles. The van der Waals surface area contributed by atoms with Gasteiger partial charge in [0.25, 0.3) is 0 Å². The molecule has 0 bridgehead atoms. The molecule has 0 spiro atoms. The minimum Gasteiger partial charge on any atom is -0.486 e. The highest BCUT2D eigenvalue weighted by Gasteiger charge is 2.29. The molecule has 0 radical (unpaired) electrons. The summed E-state index contributed by atoms with van der Waals surface area (Å²) in [6.45, 7) is 2.34.